The van der Waals surface area contributed by atoms with Crippen molar-refractivity contribution in [3.8, 4) is 12.3 Å². The number of hydrogen-bond donors (Lipinski definition) is 2. The first-order valence-corrected chi connectivity index (χ1v) is 18.9. The molecule has 0 aliphatic carbocycles. The van der Waals surface area contributed by atoms with Gasteiger partial charge in [-0.15, -0.1) is 6.42 Å². The van der Waals surface area contributed by atoms with Crippen LogP contribution < -0.4 is 21.4 Å². The maximum Gasteiger partial charge on any atom is 0.325 e. The van der Waals surface area contributed by atoms with Gasteiger partial charge in [-0.2, -0.15) is 14.4 Å². The summed E-state index contributed by atoms with van der Waals surface area (Å²) in [5, 5.41) is 4.32. The summed E-state index contributed by atoms with van der Waals surface area (Å²) in [6.07, 6.45) is 8.91. The molecule has 3 atom stereocenters. The van der Waals surface area contributed by atoms with E-state index in [4.69, 9.17) is 26.1 Å². The summed E-state index contributed by atoms with van der Waals surface area (Å²) >= 11 is 0. The fraction of sp³-hybridized carbons (Fsp3) is 0.432. The molecule has 50 heavy (non-hydrogen) atoms. The molecule has 2 aromatic heterocycles. The highest BCUT2D eigenvalue weighted by atomic mass is 28.4. The molecule has 0 saturated carbocycles. The van der Waals surface area contributed by atoms with Crippen LogP contribution in [0.2, 0.25) is 5.04 Å². The summed E-state index contributed by atoms with van der Waals surface area (Å²) in [6.45, 7) is 8.02. The van der Waals surface area contributed by atoms with Gasteiger partial charge in [-0.05, 0) is 21.8 Å². The number of aromatic nitrogens is 4. The second-order valence-corrected chi connectivity index (χ2v) is 17.9. The normalized spacial score (nSPS) is 19.3. The van der Waals surface area contributed by atoms with Gasteiger partial charge in [0.2, 0.25) is 5.91 Å². The number of ether oxygens (including phenoxy) is 2. The number of terminal acetylenes is 1. The second kappa shape index (κ2) is 15.5. The molecular formula is C37H45FN6O5Si. The standard InChI is InChI=1S/C37H45FN6O5Si/c1-6-8-9-16-21-29(45)40-23-31(46)48-28-22-30(44-25-41-32-33(39)42-35(38)43-34(32)44)49-37(28,7-2)24-47-50(36(3,4)5,26-17-12-10-13-18-26)27-19-14-11-15-20-27/h2,10-15,17-20,25,28,30H,6,8-9,16,21-24H2,1,3-5H3,(H,40,45)(H2,39,42,43)/t28-,30+,37+/m0/s1. The van der Waals surface area contributed by atoms with Gasteiger partial charge in [0.05, 0.1) is 12.9 Å². The summed E-state index contributed by atoms with van der Waals surface area (Å²) in [4.78, 5) is 37.5. The Bertz CT molecular complexity index is 1790. The van der Waals surface area contributed by atoms with Crippen LogP contribution in [0.4, 0.5) is 10.2 Å². The van der Waals surface area contributed by atoms with Crippen LogP contribution >= 0.6 is 0 Å². The van der Waals surface area contributed by atoms with Gasteiger partial charge < -0.3 is 25.0 Å². The van der Waals surface area contributed by atoms with Crippen molar-refractivity contribution in [3.63, 3.8) is 0 Å². The number of esters is 1. The highest BCUT2D eigenvalue weighted by Crippen LogP contribution is 2.43. The quantitative estimate of drug-likeness (QED) is 0.0643. The van der Waals surface area contributed by atoms with E-state index in [-0.39, 0.29) is 47.5 Å². The van der Waals surface area contributed by atoms with Gasteiger partial charge in [-0.3, -0.25) is 14.2 Å². The molecule has 1 amide bonds. The number of rotatable bonds is 14. The molecule has 0 unspecified atom stereocenters. The predicted molar refractivity (Wildman–Crippen MR) is 191 cm³/mol. The molecule has 1 fully saturated rings. The van der Waals surface area contributed by atoms with Crippen LogP contribution in [0.15, 0.2) is 67.0 Å². The number of hydrogen-bond acceptors (Lipinski definition) is 9. The van der Waals surface area contributed by atoms with E-state index in [2.05, 4.69) is 78.1 Å². The minimum atomic E-state index is -3.12. The van der Waals surface area contributed by atoms with Crippen molar-refractivity contribution < 1.29 is 27.9 Å². The largest absolute Gasteiger partial charge is 0.457 e. The number of benzene rings is 2. The number of carbonyl (C=O) groups excluding carboxylic acids is 2. The number of nitrogens with one attached hydrogen (secondary N) is 1. The monoisotopic (exact) mass is 700 g/mol. The Morgan fingerprint density at radius 1 is 1.10 bits per heavy atom. The summed E-state index contributed by atoms with van der Waals surface area (Å²) in [5.41, 5.74) is 4.63. The lowest BCUT2D eigenvalue weighted by Crippen LogP contribution is -2.68. The Labute approximate surface area is 293 Å². The number of unbranched alkanes of at least 4 members (excludes halogenated alkanes) is 3. The molecule has 0 bridgehead atoms. The van der Waals surface area contributed by atoms with Crippen LogP contribution in [-0.2, 0) is 23.5 Å². The Kier molecular flexibility index (Phi) is 11.4. The maximum atomic E-state index is 14.3. The lowest BCUT2D eigenvalue weighted by atomic mass is 9.98. The molecule has 264 valence electrons. The molecule has 1 saturated heterocycles. The van der Waals surface area contributed by atoms with Crippen molar-refractivity contribution in [2.24, 2.45) is 0 Å². The zero-order valence-corrected chi connectivity index (χ0v) is 30.0. The first-order valence-electron chi connectivity index (χ1n) is 17.0. The smallest absolute Gasteiger partial charge is 0.325 e. The molecule has 13 heteroatoms. The topological polar surface area (TPSA) is 143 Å². The first kappa shape index (κ1) is 36.6. The summed E-state index contributed by atoms with van der Waals surface area (Å²) in [6, 6.07) is 20.1. The molecule has 4 aromatic rings. The molecule has 1 aliphatic rings. The van der Waals surface area contributed by atoms with Gasteiger partial charge >= 0.3 is 12.0 Å². The predicted octanol–water partition coefficient (Wildman–Crippen LogP) is 4.41. The molecule has 2 aromatic carbocycles. The van der Waals surface area contributed by atoms with E-state index >= 15 is 0 Å². The molecule has 11 nitrogen and oxygen atoms in total. The Hall–Kier alpha value is -4.64. The van der Waals surface area contributed by atoms with E-state index in [1.165, 1.54) is 10.9 Å². The third kappa shape index (κ3) is 7.57. The van der Waals surface area contributed by atoms with Crippen molar-refractivity contribution in [2.75, 3.05) is 18.9 Å². The molecular weight excluding hydrogens is 656 g/mol. The Balaban J connectivity index is 1.49. The lowest BCUT2D eigenvalue weighted by molar-refractivity contribution is -0.158. The van der Waals surface area contributed by atoms with Gasteiger partial charge in [0.15, 0.2) is 22.6 Å². The van der Waals surface area contributed by atoms with Crippen molar-refractivity contribution in [1.82, 2.24) is 24.8 Å². The summed E-state index contributed by atoms with van der Waals surface area (Å²) in [7, 11) is -3.12. The molecule has 5 rings (SSSR count). The van der Waals surface area contributed by atoms with Crippen LogP contribution in [0.1, 0.15) is 72.4 Å². The van der Waals surface area contributed by atoms with Crippen molar-refractivity contribution in [2.45, 2.75) is 89.2 Å². The average Bonchev–Trinajstić information content (AvgIpc) is 3.68. The Morgan fingerprint density at radius 3 is 2.36 bits per heavy atom. The highest BCUT2D eigenvalue weighted by molar-refractivity contribution is 6.99. The molecule has 3 heterocycles. The first-order chi connectivity index (χ1) is 23.9. The summed E-state index contributed by atoms with van der Waals surface area (Å²) in [5.74, 6) is 1.73. The van der Waals surface area contributed by atoms with Crippen LogP contribution in [0.3, 0.4) is 0 Å². The number of imidazole rings is 1. The van der Waals surface area contributed by atoms with Crippen molar-refractivity contribution in [3.05, 3.63) is 73.1 Å². The number of amides is 1. The minimum Gasteiger partial charge on any atom is -0.457 e. The fourth-order valence-electron chi connectivity index (χ4n) is 6.62. The third-order valence-corrected chi connectivity index (χ3v) is 14.1. The van der Waals surface area contributed by atoms with E-state index in [0.717, 1.165) is 36.1 Å². The highest BCUT2D eigenvalue weighted by Gasteiger charge is 2.56. The van der Waals surface area contributed by atoms with Gasteiger partial charge in [-0.1, -0.05) is 114 Å². The van der Waals surface area contributed by atoms with Crippen LogP contribution in [-0.4, -0.2) is 64.6 Å². The Morgan fingerprint density at radius 2 is 1.76 bits per heavy atom. The van der Waals surface area contributed by atoms with Gasteiger partial charge in [0.1, 0.15) is 18.9 Å². The van der Waals surface area contributed by atoms with Gasteiger partial charge in [0, 0.05) is 12.8 Å². The van der Waals surface area contributed by atoms with Crippen molar-refractivity contribution in [1.29, 1.82) is 0 Å². The van der Waals surface area contributed by atoms with E-state index in [9.17, 15) is 14.0 Å². The second-order valence-electron chi connectivity index (χ2n) is 13.6. The molecule has 0 spiro atoms. The van der Waals surface area contributed by atoms with Gasteiger partial charge in [0.25, 0.3) is 8.32 Å². The number of nitrogens with zero attached hydrogens (tertiary/aromatic N) is 4. The average molecular weight is 701 g/mol. The zero-order chi connectivity index (χ0) is 35.9. The number of nitrogens with two attached hydrogens (primary N) is 1. The maximum absolute atomic E-state index is 14.3. The molecule has 1 aliphatic heterocycles. The molecule has 3 N–H and O–H groups in total. The zero-order valence-electron chi connectivity index (χ0n) is 29.0. The van der Waals surface area contributed by atoms with Crippen LogP contribution in [0.5, 0.6) is 0 Å². The minimum absolute atomic E-state index is 0.0575. The van der Waals surface area contributed by atoms with E-state index in [0.29, 0.717) is 6.42 Å². The number of nitrogen functional groups attached to an aromatic ring is 1. The SMILES string of the molecule is C#C[C@]1(CO[Si](c2ccccc2)(c2ccccc2)C(C)(C)C)O[C@@H](n2cnc3c(N)nc(F)nc32)C[C@@H]1OC(=O)CNC(=O)CCCCCC. The number of halogens is 1. The summed E-state index contributed by atoms with van der Waals surface area (Å²) < 4.78 is 35.6. The number of fused-ring (bicyclic) bond motifs is 1. The van der Waals surface area contributed by atoms with Crippen LogP contribution in [0.25, 0.3) is 11.2 Å². The van der Waals surface area contributed by atoms with E-state index in [1.54, 1.807) is 0 Å². The fourth-order valence-corrected chi connectivity index (χ4v) is 11.2. The van der Waals surface area contributed by atoms with E-state index in [1.807, 2.05) is 36.4 Å². The van der Waals surface area contributed by atoms with Gasteiger partial charge in [-0.25, -0.2) is 4.98 Å². The number of anilines is 1. The third-order valence-electron chi connectivity index (χ3n) is 9.14. The van der Waals surface area contributed by atoms with E-state index < -0.39 is 38.3 Å². The lowest BCUT2D eigenvalue weighted by Gasteiger charge is -2.44. The van der Waals surface area contributed by atoms with Crippen molar-refractivity contribution >= 4 is 47.5 Å². The van der Waals surface area contributed by atoms with Crippen LogP contribution in [0, 0.1) is 18.4 Å². The number of carbonyl (C=O) groups is 2. The molecule has 0 radical (unpaired) electrons.